The number of halogens is 5. The van der Waals surface area contributed by atoms with Crippen molar-refractivity contribution in [2.24, 2.45) is 0 Å². The second-order valence-corrected chi connectivity index (χ2v) is 12.1. The first-order chi connectivity index (χ1) is 19.1. The average Bonchev–Trinajstić information content (AvgIpc) is 2.92. The van der Waals surface area contributed by atoms with Crippen LogP contribution in [0.3, 0.4) is 0 Å². The largest absolute Gasteiger partial charge is 0.493 e. The van der Waals surface area contributed by atoms with E-state index in [1.807, 2.05) is 0 Å². The summed E-state index contributed by atoms with van der Waals surface area (Å²) in [6, 6.07) is 8.32. The van der Waals surface area contributed by atoms with E-state index in [2.05, 4.69) is 24.7 Å². The molecular weight excluding hydrogens is 601 g/mol. The highest BCUT2D eigenvalue weighted by atomic mass is 32.5. The molecular formula is C23H20F5N5O6S2. The Morgan fingerprint density at radius 3 is 2.10 bits per heavy atom. The van der Waals surface area contributed by atoms with Crippen molar-refractivity contribution in [3.63, 3.8) is 0 Å². The predicted octanol–water partition coefficient (Wildman–Crippen LogP) is 5.56. The van der Waals surface area contributed by atoms with Gasteiger partial charge in [-0.2, -0.15) is 4.98 Å². The fourth-order valence-corrected chi connectivity index (χ4v) is 4.88. The van der Waals surface area contributed by atoms with Crippen LogP contribution in [0.4, 0.5) is 25.2 Å². The number of nitrogens with zero attached hydrogens (tertiary/aromatic N) is 4. The molecule has 11 nitrogen and oxygen atoms in total. The van der Waals surface area contributed by atoms with Crippen molar-refractivity contribution < 1.29 is 47.2 Å². The van der Waals surface area contributed by atoms with Crippen LogP contribution in [0.1, 0.15) is 0 Å². The van der Waals surface area contributed by atoms with Crippen LogP contribution in [0.25, 0.3) is 11.6 Å². The third kappa shape index (κ3) is 7.08. The number of para-hydroxylation sites is 2. The minimum atomic E-state index is -10.1. The second kappa shape index (κ2) is 10.3. The maximum absolute atomic E-state index is 13.2. The Balaban J connectivity index is 1.86. The Bertz CT molecular complexity index is 1660. The molecule has 0 aliphatic rings. The number of benzene rings is 2. The first kappa shape index (κ1) is 29.7. The first-order valence-corrected chi connectivity index (χ1v) is 14.7. The predicted molar refractivity (Wildman–Crippen MR) is 137 cm³/mol. The molecule has 2 heterocycles. The van der Waals surface area contributed by atoms with Crippen molar-refractivity contribution in [2.75, 3.05) is 25.0 Å². The molecule has 0 bridgehead atoms. The topological polar surface area (TPSA) is 146 Å². The van der Waals surface area contributed by atoms with E-state index in [0.29, 0.717) is 12.1 Å². The Morgan fingerprint density at radius 2 is 1.51 bits per heavy atom. The SMILES string of the molecule is COc1ccccc1Oc1c(NS(=O)(=O)c2ccc(S(F)(F)(F)(F)F)cc2)nc(-c2ncccn2)nc1OCCO. The Kier molecular flexibility index (Phi) is 7.44. The fourth-order valence-electron chi connectivity index (χ4n) is 3.22. The zero-order valence-electron chi connectivity index (χ0n) is 20.7. The highest BCUT2D eigenvalue weighted by Crippen LogP contribution is 3.02. The maximum atomic E-state index is 13.2. The highest BCUT2D eigenvalue weighted by molar-refractivity contribution is 8.45. The molecule has 0 fully saturated rings. The van der Waals surface area contributed by atoms with Crippen LogP contribution >= 0.6 is 10.2 Å². The van der Waals surface area contributed by atoms with Gasteiger partial charge in [-0.25, -0.2) is 23.4 Å². The molecule has 0 radical (unpaired) electrons. The van der Waals surface area contributed by atoms with Gasteiger partial charge in [0.2, 0.25) is 11.6 Å². The number of nitrogens with one attached hydrogen (secondary N) is 1. The van der Waals surface area contributed by atoms with Crippen molar-refractivity contribution in [1.29, 1.82) is 0 Å². The van der Waals surface area contributed by atoms with Crippen molar-refractivity contribution in [1.82, 2.24) is 19.9 Å². The summed E-state index contributed by atoms with van der Waals surface area (Å²) in [6.45, 7) is -0.800. The van der Waals surface area contributed by atoms with Gasteiger partial charge in [-0.15, -0.1) is 0 Å². The molecule has 0 amide bonds. The van der Waals surface area contributed by atoms with E-state index in [1.165, 1.54) is 37.7 Å². The van der Waals surface area contributed by atoms with E-state index < -0.39 is 48.2 Å². The molecule has 0 saturated heterocycles. The van der Waals surface area contributed by atoms with Gasteiger partial charge in [-0.1, -0.05) is 31.6 Å². The molecule has 4 rings (SSSR count). The number of sulfonamides is 1. The quantitative estimate of drug-likeness (QED) is 0.204. The Hall–Kier alpha value is -4.29. The molecule has 0 aliphatic heterocycles. The third-order valence-electron chi connectivity index (χ3n) is 5.02. The zero-order chi connectivity index (χ0) is 30.0. The molecule has 41 heavy (non-hydrogen) atoms. The summed E-state index contributed by atoms with van der Waals surface area (Å²) in [5, 5.41) is 9.30. The summed E-state index contributed by atoms with van der Waals surface area (Å²) in [6.07, 6.45) is 2.70. The van der Waals surface area contributed by atoms with Crippen LogP contribution in [0.5, 0.6) is 23.1 Å². The van der Waals surface area contributed by atoms with Gasteiger partial charge < -0.3 is 19.3 Å². The lowest BCUT2D eigenvalue weighted by atomic mass is 10.3. The van der Waals surface area contributed by atoms with Gasteiger partial charge in [0.25, 0.3) is 15.9 Å². The molecule has 0 saturated carbocycles. The van der Waals surface area contributed by atoms with Crippen LogP contribution in [-0.4, -0.2) is 53.8 Å². The molecule has 0 unspecified atom stereocenters. The van der Waals surface area contributed by atoms with Crippen molar-refractivity contribution in [2.45, 2.75) is 9.79 Å². The van der Waals surface area contributed by atoms with Gasteiger partial charge >= 0.3 is 10.2 Å². The third-order valence-corrected chi connectivity index (χ3v) is 7.54. The van der Waals surface area contributed by atoms with Crippen LogP contribution in [0, 0.1) is 0 Å². The van der Waals surface area contributed by atoms with E-state index in [0.717, 1.165) is 0 Å². The lowest BCUT2D eigenvalue weighted by Gasteiger charge is -2.40. The van der Waals surface area contributed by atoms with Crippen LogP contribution in [-0.2, 0) is 10.0 Å². The molecule has 2 aromatic heterocycles. The molecule has 4 aromatic rings. The average molecular weight is 622 g/mol. The molecule has 18 heteroatoms. The number of hydrogen-bond donors (Lipinski definition) is 2. The monoisotopic (exact) mass is 621 g/mol. The zero-order valence-corrected chi connectivity index (χ0v) is 22.4. The summed E-state index contributed by atoms with van der Waals surface area (Å²) < 4.78 is 111. The van der Waals surface area contributed by atoms with Crippen LogP contribution in [0.15, 0.2) is 76.8 Å². The van der Waals surface area contributed by atoms with Crippen molar-refractivity contribution in [3.05, 3.63) is 67.0 Å². The van der Waals surface area contributed by atoms with E-state index in [-0.39, 0.29) is 47.8 Å². The number of aliphatic hydroxyl groups is 1. The van der Waals surface area contributed by atoms with E-state index in [4.69, 9.17) is 14.2 Å². The van der Waals surface area contributed by atoms with Crippen LogP contribution < -0.4 is 18.9 Å². The Morgan fingerprint density at radius 1 is 0.878 bits per heavy atom. The molecule has 2 aromatic carbocycles. The van der Waals surface area contributed by atoms with Crippen LogP contribution in [0.2, 0.25) is 0 Å². The van der Waals surface area contributed by atoms with Gasteiger partial charge in [-0.3, -0.25) is 4.72 Å². The second-order valence-electron chi connectivity index (χ2n) is 7.97. The lowest BCUT2D eigenvalue weighted by molar-refractivity contribution is 0.192. The Labute approximate surface area is 229 Å². The normalized spacial score (nSPS) is 13.5. The van der Waals surface area contributed by atoms with Gasteiger partial charge in [0.15, 0.2) is 23.1 Å². The standard InChI is InChI=1S/C23H20F5N5O6S2/c1-37-17-5-2-3-6-18(17)39-19-20(31-22(21-29-11-4-12-30-21)32-23(19)38-14-13-34)33-40(35,36)15-7-9-16(10-8-15)41(24,25,26,27)28/h2-12,34H,13-14H2,1H3,(H,31,32,33). The van der Waals surface area contributed by atoms with E-state index in [1.54, 1.807) is 12.1 Å². The van der Waals surface area contributed by atoms with Crippen molar-refractivity contribution >= 4 is 26.1 Å². The highest BCUT2D eigenvalue weighted by Gasteiger charge is 2.65. The number of aliphatic hydroxyl groups excluding tert-OH is 1. The fraction of sp³-hybridized carbons (Fsp3) is 0.130. The van der Waals surface area contributed by atoms with Gasteiger partial charge in [0, 0.05) is 12.4 Å². The number of aromatic nitrogens is 4. The molecule has 220 valence electrons. The van der Waals surface area contributed by atoms with E-state index in [9.17, 15) is 33.0 Å². The lowest BCUT2D eigenvalue weighted by Crippen LogP contribution is -2.17. The maximum Gasteiger partial charge on any atom is 0.310 e. The van der Waals surface area contributed by atoms with Gasteiger partial charge in [0.05, 0.1) is 18.6 Å². The molecule has 0 aliphatic carbocycles. The summed E-state index contributed by atoms with van der Waals surface area (Å²) in [7, 11) is -13.5. The summed E-state index contributed by atoms with van der Waals surface area (Å²) >= 11 is 0. The van der Waals surface area contributed by atoms with E-state index >= 15 is 0 Å². The number of hydrogen-bond acceptors (Lipinski definition) is 10. The number of ether oxygens (including phenoxy) is 3. The minimum Gasteiger partial charge on any atom is -0.493 e. The molecule has 0 spiro atoms. The molecule has 2 N–H and O–H groups in total. The molecule has 0 atom stereocenters. The van der Waals surface area contributed by atoms with Gasteiger partial charge in [0.1, 0.15) is 11.5 Å². The summed E-state index contributed by atoms with van der Waals surface area (Å²) in [5.41, 5.74) is 0. The summed E-state index contributed by atoms with van der Waals surface area (Å²) in [5.74, 6) is -1.48. The van der Waals surface area contributed by atoms with Crippen molar-refractivity contribution in [3.8, 4) is 34.8 Å². The summed E-state index contributed by atoms with van der Waals surface area (Å²) in [4.78, 5) is 13.2. The number of methoxy groups -OCH3 is 1. The van der Waals surface area contributed by atoms with Gasteiger partial charge in [-0.05, 0) is 42.5 Å². The smallest absolute Gasteiger partial charge is 0.310 e. The number of rotatable bonds is 11. The first-order valence-electron chi connectivity index (χ1n) is 11.2. The minimum absolute atomic E-state index is 0.0403. The number of anilines is 1.